The van der Waals surface area contributed by atoms with E-state index in [1.165, 1.54) is 0 Å². The van der Waals surface area contributed by atoms with E-state index < -0.39 is 0 Å². The number of ketones is 1. The highest BCUT2D eigenvalue weighted by Crippen LogP contribution is 2.05. The van der Waals surface area contributed by atoms with Crippen molar-refractivity contribution >= 4 is 5.78 Å². The molecule has 0 aliphatic rings. The lowest BCUT2D eigenvalue weighted by Crippen LogP contribution is -2.07. The van der Waals surface area contributed by atoms with Gasteiger partial charge in [0.05, 0.1) is 12.7 Å². The van der Waals surface area contributed by atoms with Gasteiger partial charge in [-0.15, -0.1) is 0 Å². The first-order chi connectivity index (χ1) is 10.2. The number of rotatable bonds is 9. The van der Waals surface area contributed by atoms with Gasteiger partial charge >= 0.3 is 0 Å². The second-order valence-corrected chi connectivity index (χ2v) is 5.07. The molecule has 1 N–H and O–H groups in total. The Kier molecular flexibility index (Phi) is 9.19. The zero-order valence-corrected chi connectivity index (χ0v) is 12.7. The fraction of sp³-hybridized carbons (Fsp3) is 0.500. The maximum absolute atomic E-state index is 11.5. The van der Waals surface area contributed by atoms with Gasteiger partial charge in [-0.2, -0.15) is 0 Å². The third kappa shape index (κ3) is 9.01. The Morgan fingerprint density at radius 3 is 2.71 bits per heavy atom. The molecule has 1 unspecified atom stereocenters. The van der Waals surface area contributed by atoms with Crippen LogP contribution in [0.2, 0.25) is 0 Å². The summed E-state index contributed by atoms with van der Waals surface area (Å²) in [6.45, 7) is 2.72. The summed E-state index contributed by atoms with van der Waals surface area (Å²) in [5.74, 6) is 5.52. The predicted molar refractivity (Wildman–Crippen MR) is 83.6 cm³/mol. The molecule has 1 aromatic carbocycles. The molecule has 0 saturated carbocycles. The van der Waals surface area contributed by atoms with Crippen LogP contribution in [-0.2, 0) is 16.1 Å². The van der Waals surface area contributed by atoms with Crippen LogP contribution in [-0.4, -0.2) is 23.6 Å². The Hall–Kier alpha value is -1.63. The van der Waals surface area contributed by atoms with Gasteiger partial charge in [-0.3, -0.25) is 4.79 Å². The highest BCUT2D eigenvalue weighted by Gasteiger charge is 2.01. The third-order valence-electron chi connectivity index (χ3n) is 3.06. The van der Waals surface area contributed by atoms with Crippen molar-refractivity contribution in [2.24, 2.45) is 0 Å². The molecule has 0 spiro atoms. The molecule has 0 aromatic heterocycles. The van der Waals surface area contributed by atoms with Gasteiger partial charge in [-0.05, 0) is 31.2 Å². The van der Waals surface area contributed by atoms with Crippen LogP contribution in [0, 0.1) is 11.8 Å². The monoisotopic (exact) mass is 288 g/mol. The van der Waals surface area contributed by atoms with E-state index in [-0.39, 0.29) is 18.5 Å². The standard InChI is InChI=1S/C18H24O3/c1-16(21-15-17-10-4-2-5-11-17)9-8-13-18(20)12-6-3-7-14-19/h2,4-5,10-11,16,19H,3,6-7,9,12,14-15H2,1H3. The Balaban J connectivity index is 2.16. The normalized spacial score (nSPS) is 11.5. The SMILES string of the molecule is CC(CC#CC(=O)CCCCCO)OCc1ccccc1. The number of hydrogen-bond acceptors (Lipinski definition) is 3. The van der Waals surface area contributed by atoms with E-state index in [1.54, 1.807) is 0 Å². The molecule has 0 amide bonds. The lowest BCUT2D eigenvalue weighted by atomic mass is 10.1. The molecule has 0 radical (unpaired) electrons. The smallest absolute Gasteiger partial charge is 0.205 e. The minimum Gasteiger partial charge on any atom is -0.396 e. The van der Waals surface area contributed by atoms with Gasteiger partial charge in [0.15, 0.2) is 0 Å². The summed E-state index contributed by atoms with van der Waals surface area (Å²) in [5, 5.41) is 8.64. The van der Waals surface area contributed by atoms with E-state index in [1.807, 2.05) is 37.3 Å². The molecule has 1 atom stereocenters. The summed E-state index contributed by atoms with van der Waals surface area (Å²) in [6.07, 6.45) is 3.49. The number of aliphatic hydroxyl groups excluding tert-OH is 1. The van der Waals surface area contributed by atoms with Crippen LogP contribution in [0.4, 0.5) is 0 Å². The average molecular weight is 288 g/mol. The van der Waals surface area contributed by atoms with Crippen molar-refractivity contribution in [3.05, 3.63) is 35.9 Å². The molecule has 114 valence electrons. The van der Waals surface area contributed by atoms with Crippen molar-refractivity contribution in [3.8, 4) is 11.8 Å². The van der Waals surface area contributed by atoms with Crippen LogP contribution in [0.25, 0.3) is 0 Å². The van der Waals surface area contributed by atoms with Crippen LogP contribution < -0.4 is 0 Å². The molecule has 0 aliphatic carbocycles. The second-order valence-electron chi connectivity index (χ2n) is 5.07. The highest BCUT2D eigenvalue weighted by atomic mass is 16.5. The number of aliphatic hydroxyl groups is 1. The van der Waals surface area contributed by atoms with Crippen molar-refractivity contribution in [1.82, 2.24) is 0 Å². The van der Waals surface area contributed by atoms with E-state index in [0.29, 0.717) is 19.4 Å². The van der Waals surface area contributed by atoms with Crippen LogP contribution in [0.5, 0.6) is 0 Å². The molecule has 1 rings (SSSR count). The maximum Gasteiger partial charge on any atom is 0.205 e. The first-order valence-corrected chi connectivity index (χ1v) is 7.50. The summed E-state index contributed by atoms with van der Waals surface area (Å²) < 4.78 is 5.68. The zero-order valence-electron chi connectivity index (χ0n) is 12.7. The molecule has 0 saturated heterocycles. The maximum atomic E-state index is 11.5. The summed E-state index contributed by atoms with van der Waals surface area (Å²) in [4.78, 5) is 11.5. The first kappa shape index (κ1) is 17.4. The number of benzene rings is 1. The summed E-state index contributed by atoms with van der Waals surface area (Å²) in [5.41, 5.74) is 1.14. The third-order valence-corrected chi connectivity index (χ3v) is 3.06. The number of Topliss-reactive ketones (excluding diaryl/α,β-unsaturated/α-hetero) is 1. The zero-order chi connectivity index (χ0) is 15.3. The van der Waals surface area contributed by atoms with Crippen molar-refractivity contribution in [3.63, 3.8) is 0 Å². The molecule has 0 fully saturated rings. The Morgan fingerprint density at radius 2 is 2.00 bits per heavy atom. The van der Waals surface area contributed by atoms with Gasteiger partial charge in [0.1, 0.15) is 0 Å². The Bertz CT molecular complexity index is 456. The molecule has 1 aromatic rings. The lowest BCUT2D eigenvalue weighted by Gasteiger charge is -2.09. The van der Waals surface area contributed by atoms with Crippen LogP contribution >= 0.6 is 0 Å². The van der Waals surface area contributed by atoms with E-state index in [2.05, 4.69) is 11.8 Å². The molecule has 0 bridgehead atoms. The van der Waals surface area contributed by atoms with Crippen LogP contribution in [0.3, 0.4) is 0 Å². The topological polar surface area (TPSA) is 46.5 Å². The summed E-state index contributed by atoms with van der Waals surface area (Å²) in [6, 6.07) is 9.99. The summed E-state index contributed by atoms with van der Waals surface area (Å²) >= 11 is 0. The van der Waals surface area contributed by atoms with Crippen molar-refractivity contribution in [1.29, 1.82) is 0 Å². The highest BCUT2D eigenvalue weighted by molar-refractivity contribution is 5.95. The fourth-order valence-electron chi connectivity index (χ4n) is 1.80. The van der Waals surface area contributed by atoms with E-state index in [9.17, 15) is 4.79 Å². The number of carbonyl (C=O) groups is 1. The predicted octanol–water partition coefficient (Wildman–Crippen LogP) is 3.11. The number of unbranched alkanes of at least 4 members (excludes halogenated alkanes) is 2. The fourth-order valence-corrected chi connectivity index (χ4v) is 1.80. The van der Waals surface area contributed by atoms with E-state index in [0.717, 1.165) is 24.8 Å². The van der Waals surface area contributed by atoms with Crippen LogP contribution in [0.1, 0.15) is 44.6 Å². The second kappa shape index (κ2) is 11.1. The van der Waals surface area contributed by atoms with E-state index >= 15 is 0 Å². The Labute approximate surface area is 127 Å². The average Bonchev–Trinajstić information content (AvgIpc) is 2.50. The lowest BCUT2D eigenvalue weighted by molar-refractivity contribution is -0.113. The molecule has 0 aliphatic heterocycles. The van der Waals surface area contributed by atoms with Gasteiger partial charge in [0.2, 0.25) is 5.78 Å². The van der Waals surface area contributed by atoms with Crippen molar-refractivity contribution in [2.45, 2.75) is 51.7 Å². The minimum absolute atomic E-state index is 0.0138. The quantitative estimate of drug-likeness (QED) is 0.431. The van der Waals surface area contributed by atoms with Crippen LogP contribution in [0.15, 0.2) is 30.3 Å². The van der Waals surface area contributed by atoms with Gasteiger partial charge in [-0.25, -0.2) is 0 Å². The van der Waals surface area contributed by atoms with Gasteiger partial charge < -0.3 is 9.84 Å². The summed E-state index contributed by atoms with van der Waals surface area (Å²) in [7, 11) is 0. The number of carbonyl (C=O) groups excluding carboxylic acids is 1. The van der Waals surface area contributed by atoms with E-state index in [4.69, 9.17) is 9.84 Å². The minimum atomic E-state index is -0.0248. The molecule has 3 nitrogen and oxygen atoms in total. The van der Waals surface area contributed by atoms with Gasteiger partial charge in [0, 0.05) is 19.4 Å². The first-order valence-electron chi connectivity index (χ1n) is 7.50. The molecule has 0 heterocycles. The van der Waals surface area contributed by atoms with Gasteiger partial charge in [0.25, 0.3) is 0 Å². The molecule has 3 heteroatoms. The Morgan fingerprint density at radius 1 is 1.24 bits per heavy atom. The largest absolute Gasteiger partial charge is 0.396 e. The molecular formula is C18H24O3. The van der Waals surface area contributed by atoms with Crippen molar-refractivity contribution in [2.75, 3.05) is 6.61 Å². The number of ether oxygens (including phenoxy) is 1. The molecule has 21 heavy (non-hydrogen) atoms. The van der Waals surface area contributed by atoms with Crippen molar-refractivity contribution < 1.29 is 14.6 Å². The molecular weight excluding hydrogens is 264 g/mol. The van der Waals surface area contributed by atoms with Gasteiger partial charge in [-0.1, -0.05) is 42.7 Å². The number of hydrogen-bond donors (Lipinski definition) is 1.